The average molecular weight is 297 g/mol. The van der Waals surface area contributed by atoms with Gasteiger partial charge in [0.05, 0.1) is 6.42 Å². The van der Waals surface area contributed by atoms with Crippen molar-refractivity contribution in [3.8, 4) is 0 Å². The van der Waals surface area contributed by atoms with Crippen LogP contribution in [0.5, 0.6) is 0 Å². The van der Waals surface area contributed by atoms with Crippen LogP contribution in [0.15, 0.2) is 35.2 Å². The minimum Gasteiger partial charge on any atom is -0.481 e. The SMILES string of the molecule is O=C(O)CC(NC(=O)CCSc1ccccc1)C(=O)O. The second-order valence-electron chi connectivity index (χ2n) is 3.97. The van der Waals surface area contributed by atoms with E-state index in [1.165, 1.54) is 11.8 Å². The predicted molar refractivity (Wildman–Crippen MR) is 73.6 cm³/mol. The molecular weight excluding hydrogens is 282 g/mol. The van der Waals surface area contributed by atoms with Crippen molar-refractivity contribution >= 4 is 29.6 Å². The number of aliphatic carboxylic acids is 2. The fraction of sp³-hybridized carbons (Fsp3) is 0.308. The summed E-state index contributed by atoms with van der Waals surface area (Å²) in [5.41, 5.74) is 0. The second-order valence-corrected chi connectivity index (χ2v) is 5.14. The molecule has 0 aliphatic heterocycles. The summed E-state index contributed by atoms with van der Waals surface area (Å²) >= 11 is 1.47. The molecule has 0 aromatic heterocycles. The van der Waals surface area contributed by atoms with E-state index in [0.717, 1.165) is 4.90 Å². The summed E-state index contributed by atoms with van der Waals surface area (Å²) in [5.74, 6) is -2.59. The van der Waals surface area contributed by atoms with Gasteiger partial charge in [-0.05, 0) is 12.1 Å². The van der Waals surface area contributed by atoms with Gasteiger partial charge in [0.25, 0.3) is 0 Å². The Balaban J connectivity index is 2.35. The van der Waals surface area contributed by atoms with Crippen LogP contribution < -0.4 is 5.32 Å². The first kappa shape index (κ1) is 16.0. The van der Waals surface area contributed by atoms with Crippen LogP contribution in [0.1, 0.15) is 12.8 Å². The van der Waals surface area contributed by atoms with Gasteiger partial charge in [-0.25, -0.2) is 4.79 Å². The average Bonchev–Trinajstić information content (AvgIpc) is 2.38. The van der Waals surface area contributed by atoms with Crippen molar-refractivity contribution in [3.63, 3.8) is 0 Å². The van der Waals surface area contributed by atoms with Crippen molar-refractivity contribution in [1.29, 1.82) is 0 Å². The van der Waals surface area contributed by atoms with E-state index in [9.17, 15) is 14.4 Å². The number of carboxylic acids is 2. The maximum atomic E-state index is 11.5. The van der Waals surface area contributed by atoms with E-state index in [0.29, 0.717) is 5.75 Å². The zero-order valence-electron chi connectivity index (χ0n) is 10.6. The number of rotatable bonds is 8. The Labute approximate surface area is 120 Å². The minimum atomic E-state index is -1.39. The molecule has 3 N–H and O–H groups in total. The Hall–Kier alpha value is -2.02. The normalized spacial score (nSPS) is 11.6. The van der Waals surface area contributed by atoms with Gasteiger partial charge < -0.3 is 15.5 Å². The molecular formula is C13H15NO5S. The molecule has 0 saturated carbocycles. The quantitative estimate of drug-likeness (QED) is 0.623. The molecule has 1 rings (SSSR count). The second kappa shape index (κ2) is 8.21. The van der Waals surface area contributed by atoms with Crippen molar-refractivity contribution in [2.75, 3.05) is 5.75 Å². The van der Waals surface area contributed by atoms with Gasteiger partial charge in [-0.3, -0.25) is 9.59 Å². The number of hydrogen-bond donors (Lipinski definition) is 3. The fourth-order valence-electron chi connectivity index (χ4n) is 1.42. The van der Waals surface area contributed by atoms with Crippen molar-refractivity contribution in [3.05, 3.63) is 30.3 Å². The van der Waals surface area contributed by atoms with Crippen LogP contribution in [0.2, 0.25) is 0 Å². The largest absolute Gasteiger partial charge is 0.481 e. The third kappa shape index (κ3) is 6.24. The molecule has 6 nitrogen and oxygen atoms in total. The Morgan fingerprint density at radius 2 is 1.80 bits per heavy atom. The number of carbonyl (C=O) groups excluding carboxylic acids is 1. The van der Waals surface area contributed by atoms with Crippen LogP contribution in [0, 0.1) is 0 Å². The summed E-state index contributed by atoms with van der Waals surface area (Å²) in [7, 11) is 0. The Morgan fingerprint density at radius 3 is 2.35 bits per heavy atom. The lowest BCUT2D eigenvalue weighted by Gasteiger charge is -2.12. The van der Waals surface area contributed by atoms with Gasteiger partial charge in [0.15, 0.2) is 0 Å². The minimum absolute atomic E-state index is 0.128. The van der Waals surface area contributed by atoms with E-state index >= 15 is 0 Å². The maximum Gasteiger partial charge on any atom is 0.326 e. The van der Waals surface area contributed by atoms with Gasteiger partial charge in [0, 0.05) is 17.1 Å². The van der Waals surface area contributed by atoms with Gasteiger partial charge in [-0.2, -0.15) is 0 Å². The molecule has 7 heteroatoms. The highest BCUT2D eigenvalue weighted by molar-refractivity contribution is 7.99. The van der Waals surface area contributed by atoms with Gasteiger partial charge >= 0.3 is 11.9 Å². The molecule has 0 saturated heterocycles. The van der Waals surface area contributed by atoms with Crippen LogP contribution >= 0.6 is 11.8 Å². The lowest BCUT2D eigenvalue weighted by molar-refractivity contribution is -0.147. The van der Waals surface area contributed by atoms with E-state index in [1.54, 1.807) is 0 Å². The van der Waals surface area contributed by atoms with Crippen LogP contribution in [0.3, 0.4) is 0 Å². The number of nitrogens with one attached hydrogen (secondary N) is 1. The molecule has 0 aliphatic rings. The zero-order chi connectivity index (χ0) is 15.0. The molecule has 20 heavy (non-hydrogen) atoms. The summed E-state index contributed by atoms with van der Waals surface area (Å²) in [6.45, 7) is 0. The molecule has 1 unspecified atom stereocenters. The first-order valence-corrected chi connectivity index (χ1v) is 6.89. The summed E-state index contributed by atoms with van der Waals surface area (Å²) in [6, 6.07) is 8.09. The van der Waals surface area contributed by atoms with E-state index in [2.05, 4.69) is 5.32 Å². The number of amides is 1. The topological polar surface area (TPSA) is 104 Å². The smallest absolute Gasteiger partial charge is 0.326 e. The molecule has 108 valence electrons. The lowest BCUT2D eigenvalue weighted by Crippen LogP contribution is -2.42. The van der Waals surface area contributed by atoms with Gasteiger partial charge in [-0.1, -0.05) is 18.2 Å². The van der Waals surface area contributed by atoms with Gasteiger partial charge in [0.1, 0.15) is 6.04 Å². The van der Waals surface area contributed by atoms with Crippen LogP contribution in [-0.2, 0) is 14.4 Å². The Morgan fingerprint density at radius 1 is 1.15 bits per heavy atom. The number of thioether (sulfide) groups is 1. The Kier molecular flexibility index (Phi) is 6.58. The predicted octanol–water partition coefficient (Wildman–Crippen LogP) is 1.21. The third-order valence-corrected chi connectivity index (χ3v) is 3.37. The summed E-state index contributed by atoms with van der Waals surface area (Å²) in [4.78, 5) is 33.8. The molecule has 1 aromatic rings. The van der Waals surface area contributed by atoms with E-state index in [-0.39, 0.29) is 6.42 Å². The van der Waals surface area contributed by atoms with Crippen LogP contribution in [0.25, 0.3) is 0 Å². The van der Waals surface area contributed by atoms with E-state index in [4.69, 9.17) is 10.2 Å². The third-order valence-electron chi connectivity index (χ3n) is 2.35. The summed E-state index contributed by atoms with van der Waals surface area (Å²) in [5, 5.41) is 19.5. The number of hydrogen-bond acceptors (Lipinski definition) is 4. The van der Waals surface area contributed by atoms with E-state index in [1.807, 2.05) is 30.3 Å². The monoisotopic (exact) mass is 297 g/mol. The number of benzene rings is 1. The maximum absolute atomic E-state index is 11.5. The van der Waals surface area contributed by atoms with Crippen molar-refractivity contribution in [2.45, 2.75) is 23.8 Å². The lowest BCUT2D eigenvalue weighted by atomic mass is 10.2. The summed E-state index contributed by atoms with van der Waals surface area (Å²) in [6.07, 6.45) is -0.504. The van der Waals surface area contributed by atoms with Gasteiger partial charge in [-0.15, -0.1) is 11.8 Å². The number of carboxylic acid groups (broad SMARTS) is 2. The first-order chi connectivity index (χ1) is 9.49. The fourth-order valence-corrected chi connectivity index (χ4v) is 2.29. The van der Waals surface area contributed by atoms with Gasteiger partial charge in [0.2, 0.25) is 5.91 Å². The zero-order valence-corrected chi connectivity index (χ0v) is 11.4. The molecule has 0 heterocycles. The van der Waals surface area contributed by atoms with Crippen molar-refractivity contribution in [1.82, 2.24) is 5.32 Å². The van der Waals surface area contributed by atoms with Crippen molar-refractivity contribution < 1.29 is 24.6 Å². The Bertz CT molecular complexity index is 477. The van der Waals surface area contributed by atoms with Crippen LogP contribution in [-0.4, -0.2) is 39.9 Å². The highest BCUT2D eigenvalue weighted by atomic mass is 32.2. The van der Waals surface area contributed by atoms with E-state index < -0.39 is 30.3 Å². The highest BCUT2D eigenvalue weighted by Crippen LogP contribution is 2.17. The molecule has 0 bridgehead atoms. The standard InChI is InChI=1S/C13H15NO5S/c15-11(14-10(13(18)19)8-12(16)17)6-7-20-9-4-2-1-3-5-9/h1-5,10H,6-8H2,(H,14,15)(H,16,17)(H,18,19). The first-order valence-electron chi connectivity index (χ1n) is 5.91. The highest BCUT2D eigenvalue weighted by Gasteiger charge is 2.22. The molecule has 1 amide bonds. The molecule has 0 fully saturated rings. The molecule has 0 spiro atoms. The van der Waals surface area contributed by atoms with Crippen molar-refractivity contribution in [2.24, 2.45) is 0 Å². The number of carbonyl (C=O) groups is 3. The summed E-state index contributed by atoms with van der Waals surface area (Å²) < 4.78 is 0. The molecule has 0 radical (unpaired) electrons. The molecule has 1 aromatic carbocycles. The molecule has 1 atom stereocenters. The van der Waals surface area contributed by atoms with Crippen LogP contribution in [0.4, 0.5) is 0 Å². The molecule has 0 aliphatic carbocycles.